The lowest BCUT2D eigenvalue weighted by molar-refractivity contribution is 0.406. The van der Waals surface area contributed by atoms with Crippen LogP contribution in [-0.2, 0) is 6.42 Å². The van der Waals surface area contributed by atoms with Crippen LogP contribution >= 0.6 is 11.3 Å². The SMILES string of the molecule is C=CC(C)(CN)CCc1scnc1C. The molecule has 3 heteroatoms. The number of nitrogens with two attached hydrogens (primary N) is 1. The van der Waals surface area contributed by atoms with Crippen LogP contribution in [0.1, 0.15) is 23.9 Å². The number of aryl methyl sites for hydroxylation is 2. The molecule has 0 fully saturated rings. The molecule has 1 rings (SSSR count). The van der Waals surface area contributed by atoms with Crippen molar-refractivity contribution in [3.63, 3.8) is 0 Å². The highest BCUT2D eigenvalue weighted by molar-refractivity contribution is 7.09. The fourth-order valence-electron chi connectivity index (χ4n) is 1.25. The molecule has 0 aliphatic carbocycles. The lowest BCUT2D eigenvalue weighted by Crippen LogP contribution is -2.25. The molecule has 0 saturated heterocycles. The average Bonchev–Trinajstić information content (AvgIpc) is 2.61. The van der Waals surface area contributed by atoms with Gasteiger partial charge in [-0.05, 0) is 25.2 Å². The fraction of sp³-hybridized carbons (Fsp3) is 0.545. The van der Waals surface area contributed by atoms with Crippen molar-refractivity contribution in [3.05, 3.63) is 28.7 Å². The van der Waals surface area contributed by atoms with Crippen LogP contribution in [0.5, 0.6) is 0 Å². The summed E-state index contributed by atoms with van der Waals surface area (Å²) in [6, 6.07) is 0. The Morgan fingerprint density at radius 3 is 2.86 bits per heavy atom. The molecule has 1 aromatic heterocycles. The molecule has 1 unspecified atom stereocenters. The monoisotopic (exact) mass is 210 g/mol. The van der Waals surface area contributed by atoms with Crippen molar-refractivity contribution in [2.75, 3.05) is 6.54 Å². The molecule has 1 heterocycles. The maximum atomic E-state index is 5.71. The lowest BCUT2D eigenvalue weighted by Gasteiger charge is -2.23. The van der Waals surface area contributed by atoms with Crippen LogP contribution in [0.25, 0.3) is 0 Å². The predicted molar refractivity (Wildman–Crippen MR) is 62.5 cm³/mol. The quantitative estimate of drug-likeness (QED) is 0.758. The summed E-state index contributed by atoms with van der Waals surface area (Å²) in [7, 11) is 0. The summed E-state index contributed by atoms with van der Waals surface area (Å²) in [6.45, 7) is 8.70. The molecule has 0 radical (unpaired) electrons. The van der Waals surface area contributed by atoms with E-state index < -0.39 is 0 Å². The third-order valence-corrected chi connectivity index (χ3v) is 3.72. The Hall–Kier alpha value is -0.670. The Labute approximate surface area is 89.9 Å². The number of aromatic nitrogens is 1. The summed E-state index contributed by atoms with van der Waals surface area (Å²) in [5.41, 5.74) is 8.83. The number of thiazole rings is 1. The summed E-state index contributed by atoms with van der Waals surface area (Å²) in [5.74, 6) is 0. The van der Waals surface area contributed by atoms with E-state index >= 15 is 0 Å². The normalized spacial score (nSPS) is 15.1. The van der Waals surface area contributed by atoms with E-state index in [9.17, 15) is 0 Å². The summed E-state index contributed by atoms with van der Waals surface area (Å²) in [6.07, 6.45) is 4.07. The third-order valence-electron chi connectivity index (χ3n) is 2.73. The van der Waals surface area contributed by atoms with Crippen molar-refractivity contribution in [2.45, 2.75) is 26.7 Å². The molecule has 0 amide bonds. The largest absolute Gasteiger partial charge is 0.330 e. The average molecular weight is 210 g/mol. The molecule has 0 spiro atoms. The van der Waals surface area contributed by atoms with Crippen molar-refractivity contribution in [2.24, 2.45) is 11.1 Å². The fourth-order valence-corrected chi connectivity index (χ4v) is 2.03. The molecule has 0 aromatic carbocycles. The maximum absolute atomic E-state index is 5.71. The highest BCUT2D eigenvalue weighted by Crippen LogP contribution is 2.25. The van der Waals surface area contributed by atoms with E-state index in [1.807, 2.05) is 11.6 Å². The van der Waals surface area contributed by atoms with Crippen molar-refractivity contribution in [3.8, 4) is 0 Å². The molecule has 0 aliphatic heterocycles. The molecule has 1 aromatic rings. The zero-order valence-corrected chi connectivity index (χ0v) is 9.73. The van der Waals surface area contributed by atoms with E-state index in [4.69, 9.17) is 5.73 Å². The molecule has 0 saturated carbocycles. The van der Waals surface area contributed by atoms with Crippen LogP contribution in [-0.4, -0.2) is 11.5 Å². The van der Waals surface area contributed by atoms with Gasteiger partial charge >= 0.3 is 0 Å². The van der Waals surface area contributed by atoms with Crippen LogP contribution < -0.4 is 5.73 Å². The van der Waals surface area contributed by atoms with E-state index in [2.05, 4.69) is 25.4 Å². The van der Waals surface area contributed by atoms with Crippen molar-refractivity contribution in [1.29, 1.82) is 0 Å². The number of nitrogens with zero attached hydrogens (tertiary/aromatic N) is 1. The van der Waals surface area contributed by atoms with Crippen LogP contribution in [0.2, 0.25) is 0 Å². The summed E-state index contributed by atoms with van der Waals surface area (Å²) < 4.78 is 0. The van der Waals surface area contributed by atoms with E-state index in [1.165, 1.54) is 4.88 Å². The Kier molecular flexibility index (Phi) is 3.84. The first-order chi connectivity index (χ1) is 6.61. The van der Waals surface area contributed by atoms with Gasteiger partial charge in [-0.3, -0.25) is 0 Å². The molecular formula is C11H18N2S. The molecule has 1 atom stereocenters. The van der Waals surface area contributed by atoms with Gasteiger partial charge in [0.15, 0.2) is 0 Å². The van der Waals surface area contributed by atoms with Gasteiger partial charge in [0.1, 0.15) is 0 Å². The molecule has 2 N–H and O–H groups in total. The first-order valence-electron chi connectivity index (χ1n) is 4.84. The lowest BCUT2D eigenvalue weighted by atomic mass is 9.85. The van der Waals surface area contributed by atoms with Gasteiger partial charge in [-0.1, -0.05) is 13.0 Å². The van der Waals surface area contributed by atoms with Gasteiger partial charge in [0.2, 0.25) is 0 Å². The predicted octanol–water partition coefficient (Wildman–Crippen LogP) is 2.54. The number of rotatable bonds is 5. The van der Waals surface area contributed by atoms with Gasteiger partial charge in [-0.2, -0.15) is 0 Å². The van der Waals surface area contributed by atoms with Gasteiger partial charge < -0.3 is 5.73 Å². The Balaban J connectivity index is 2.56. The Bertz CT molecular complexity index is 306. The first kappa shape index (κ1) is 11.4. The van der Waals surface area contributed by atoms with E-state index in [-0.39, 0.29) is 5.41 Å². The second-order valence-electron chi connectivity index (χ2n) is 3.92. The Morgan fingerprint density at radius 1 is 1.71 bits per heavy atom. The minimum atomic E-state index is 0.0659. The zero-order chi connectivity index (χ0) is 10.6. The van der Waals surface area contributed by atoms with Crippen molar-refractivity contribution < 1.29 is 0 Å². The number of hydrogen-bond acceptors (Lipinski definition) is 3. The molecule has 14 heavy (non-hydrogen) atoms. The van der Waals surface area contributed by atoms with Crippen LogP contribution in [0.4, 0.5) is 0 Å². The summed E-state index contributed by atoms with van der Waals surface area (Å²) in [4.78, 5) is 5.60. The second kappa shape index (κ2) is 4.71. The zero-order valence-electron chi connectivity index (χ0n) is 8.92. The minimum absolute atomic E-state index is 0.0659. The highest BCUT2D eigenvalue weighted by Gasteiger charge is 2.18. The highest BCUT2D eigenvalue weighted by atomic mass is 32.1. The smallest absolute Gasteiger partial charge is 0.0797 e. The van der Waals surface area contributed by atoms with E-state index in [0.717, 1.165) is 18.5 Å². The van der Waals surface area contributed by atoms with Crippen molar-refractivity contribution >= 4 is 11.3 Å². The first-order valence-corrected chi connectivity index (χ1v) is 5.72. The molecule has 0 bridgehead atoms. The van der Waals surface area contributed by atoms with Gasteiger partial charge in [-0.25, -0.2) is 4.98 Å². The van der Waals surface area contributed by atoms with Crippen LogP contribution in [0, 0.1) is 12.3 Å². The molecule has 78 valence electrons. The molecular weight excluding hydrogens is 192 g/mol. The number of hydrogen-bond donors (Lipinski definition) is 1. The summed E-state index contributed by atoms with van der Waals surface area (Å²) >= 11 is 1.72. The Morgan fingerprint density at radius 2 is 2.43 bits per heavy atom. The van der Waals surface area contributed by atoms with Gasteiger partial charge in [-0.15, -0.1) is 17.9 Å². The summed E-state index contributed by atoms with van der Waals surface area (Å²) in [5, 5.41) is 0. The van der Waals surface area contributed by atoms with E-state index in [0.29, 0.717) is 6.54 Å². The molecule has 2 nitrogen and oxygen atoms in total. The maximum Gasteiger partial charge on any atom is 0.0797 e. The molecule has 0 aliphatic rings. The standard InChI is InChI=1S/C11H18N2S/c1-4-11(3,7-12)6-5-10-9(2)13-8-14-10/h4,8H,1,5-7,12H2,2-3H3. The van der Waals surface area contributed by atoms with Crippen LogP contribution in [0.3, 0.4) is 0 Å². The third kappa shape index (κ3) is 2.66. The topological polar surface area (TPSA) is 38.9 Å². The minimum Gasteiger partial charge on any atom is -0.330 e. The van der Waals surface area contributed by atoms with Gasteiger partial charge in [0.25, 0.3) is 0 Å². The van der Waals surface area contributed by atoms with Gasteiger partial charge in [0.05, 0.1) is 11.2 Å². The van der Waals surface area contributed by atoms with E-state index in [1.54, 1.807) is 11.3 Å². The van der Waals surface area contributed by atoms with Gasteiger partial charge in [0, 0.05) is 11.4 Å². The second-order valence-corrected chi connectivity index (χ2v) is 4.86. The van der Waals surface area contributed by atoms with Crippen molar-refractivity contribution in [1.82, 2.24) is 4.98 Å². The van der Waals surface area contributed by atoms with Crippen LogP contribution in [0.15, 0.2) is 18.2 Å².